The standard InChI is InChI=1S/C86H157NO8/c1-6-8-10-12-14-16-18-20-22-24-26-28-30-32-34-36-37-38-39-40-41-42-43-44-45-46-47-49-51-53-55-57-59-61-63-65-67-69-71-73-75-77-84(89)95-82(81-94-86(85(90)91)92-79-78-87(3,4)5)80-93-83(88)76-74-72-70-68-66-64-62-60-58-56-54-52-50-48-35-33-31-29-27-25-23-21-19-17-15-13-11-9-7-2/h8,10,14,16,20,22,26,28,32,34,37-38,82,86H,6-7,9,11-13,15,17-19,21,23-25,27,29-31,33,35-36,39-81H2,1-5H3/p+1/b10-8-,16-14-,22-20-,28-26-,34-32-,38-37-. The number of unbranched alkanes of at least 4 members (excludes halogenated alkanes) is 50. The number of rotatable bonds is 77. The van der Waals surface area contributed by atoms with Crippen molar-refractivity contribution in [1.82, 2.24) is 0 Å². The smallest absolute Gasteiger partial charge is 0.361 e. The van der Waals surface area contributed by atoms with Crippen LogP contribution in [-0.2, 0) is 33.3 Å². The minimum Gasteiger partial charge on any atom is -0.477 e. The number of carbonyl (C=O) groups excluding carboxylic acids is 2. The second-order valence-corrected chi connectivity index (χ2v) is 29.1. The van der Waals surface area contributed by atoms with Crippen molar-refractivity contribution in [2.45, 2.75) is 411 Å². The van der Waals surface area contributed by atoms with Gasteiger partial charge in [0.15, 0.2) is 6.10 Å². The summed E-state index contributed by atoms with van der Waals surface area (Å²) in [6.07, 6.45) is 101. The van der Waals surface area contributed by atoms with Gasteiger partial charge in [0.2, 0.25) is 0 Å². The summed E-state index contributed by atoms with van der Waals surface area (Å²) in [4.78, 5) is 37.8. The van der Waals surface area contributed by atoms with E-state index < -0.39 is 18.4 Å². The summed E-state index contributed by atoms with van der Waals surface area (Å²) in [5, 5.41) is 9.78. The molecule has 0 aliphatic rings. The van der Waals surface area contributed by atoms with Crippen LogP contribution >= 0.6 is 0 Å². The van der Waals surface area contributed by atoms with Gasteiger partial charge in [-0.15, -0.1) is 0 Å². The summed E-state index contributed by atoms with van der Waals surface area (Å²) in [5.74, 6) is -1.97. The Hall–Kier alpha value is -3.27. The average molecular weight is 1330 g/mol. The van der Waals surface area contributed by atoms with Crippen molar-refractivity contribution in [3.63, 3.8) is 0 Å². The highest BCUT2D eigenvalue weighted by molar-refractivity contribution is 5.71. The summed E-state index contributed by atoms with van der Waals surface area (Å²) in [6, 6.07) is 0. The van der Waals surface area contributed by atoms with Gasteiger partial charge in [0.1, 0.15) is 13.2 Å². The lowest BCUT2D eigenvalue weighted by molar-refractivity contribution is -0.870. The topological polar surface area (TPSA) is 108 Å². The van der Waals surface area contributed by atoms with Gasteiger partial charge in [-0.3, -0.25) is 9.59 Å². The van der Waals surface area contributed by atoms with Crippen LogP contribution in [0, 0.1) is 0 Å². The number of esters is 2. The number of allylic oxidation sites excluding steroid dienone is 12. The Labute approximate surface area is 589 Å². The molecule has 0 aromatic carbocycles. The molecule has 2 unspecified atom stereocenters. The van der Waals surface area contributed by atoms with Gasteiger partial charge in [-0.2, -0.15) is 0 Å². The maximum absolute atomic E-state index is 13.0. The van der Waals surface area contributed by atoms with Crippen molar-refractivity contribution in [2.75, 3.05) is 47.5 Å². The number of quaternary nitrogens is 1. The Bertz CT molecular complexity index is 1790. The molecule has 0 aliphatic carbocycles. The molecule has 0 aliphatic heterocycles. The summed E-state index contributed by atoms with van der Waals surface area (Å²) in [7, 11) is 6.00. The van der Waals surface area contributed by atoms with E-state index in [1.807, 2.05) is 21.1 Å². The van der Waals surface area contributed by atoms with Gasteiger partial charge in [-0.1, -0.05) is 395 Å². The number of hydrogen-bond acceptors (Lipinski definition) is 7. The van der Waals surface area contributed by atoms with Crippen molar-refractivity contribution >= 4 is 17.9 Å². The van der Waals surface area contributed by atoms with Gasteiger partial charge < -0.3 is 28.5 Å². The third-order valence-electron chi connectivity index (χ3n) is 18.5. The molecule has 0 fully saturated rings. The Kier molecular flexibility index (Phi) is 73.9. The normalized spacial score (nSPS) is 13.0. The lowest BCUT2D eigenvalue weighted by Gasteiger charge is -2.25. The zero-order chi connectivity index (χ0) is 69.0. The molecular formula is C86H158NO8+. The molecule has 1 N–H and O–H groups in total. The van der Waals surface area contributed by atoms with Crippen LogP contribution in [0.3, 0.4) is 0 Å². The lowest BCUT2D eigenvalue weighted by Crippen LogP contribution is -2.40. The quantitative estimate of drug-likeness (QED) is 0.0211. The van der Waals surface area contributed by atoms with Gasteiger partial charge in [0.25, 0.3) is 6.29 Å². The van der Waals surface area contributed by atoms with Crippen molar-refractivity contribution in [1.29, 1.82) is 0 Å². The molecule has 554 valence electrons. The average Bonchev–Trinajstić information content (AvgIpc) is 3.54. The SMILES string of the molecule is CC/C=C\C/C=C\C/C=C\C/C=C\C/C=C\C/C=C\CCCCCCCCCCCCCCCCCCCCCCCCC(=O)OC(COC(=O)CCCCCCCCCCCCCCCCCCCCCCCCCCCCCCC)COC(OCC[N+](C)(C)C)C(=O)O. The molecule has 95 heavy (non-hydrogen) atoms. The van der Waals surface area contributed by atoms with Crippen molar-refractivity contribution in [3.05, 3.63) is 72.9 Å². The minimum absolute atomic E-state index is 0.176. The molecule has 0 saturated carbocycles. The van der Waals surface area contributed by atoms with Crippen LogP contribution in [0.15, 0.2) is 72.9 Å². The fraction of sp³-hybridized carbons (Fsp3) is 0.826. The van der Waals surface area contributed by atoms with Crippen LogP contribution in [0.4, 0.5) is 0 Å². The molecule has 2 atom stereocenters. The Morgan fingerprint density at radius 3 is 0.895 bits per heavy atom. The molecule has 0 bridgehead atoms. The zero-order valence-electron chi connectivity index (χ0n) is 63.6. The third kappa shape index (κ3) is 77.9. The lowest BCUT2D eigenvalue weighted by atomic mass is 10.0. The molecule has 9 nitrogen and oxygen atoms in total. The first-order chi connectivity index (χ1) is 46.6. The molecule has 0 aromatic heterocycles. The number of nitrogens with zero attached hydrogens (tertiary/aromatic N) is 1. The fourth-order valence-electron chi connectivity index (χ4n) is 12.3. The maximum atomic E-state index is 13.0. The molecule has 0 amide bonds. The van der Waals surface area contributed by atoms with Gasteiger partial charge in [-0.25, -0.2) is 4.79 Å². The van der Waals surface area contributed by atoms with Crippen molar-refractivity contribution < 1.29 is 42.9 Å². The first-order valence-electron chi connectivity index (χ1n) is 41.1. The molecule has 9 heteroatoms. The van der Waals surface area contributed by atoms with E-state index in [0.29, 0.717) is 17.4 Å². The first-order valence-corrected chi connectivity index (χ1v) is 41.1. The number of carbonyl (C=O) groups is 3. The van der Waals surface area contributed by atoms with E-state index in [-0.39, 0.29) is 38.2 Å². The minimum atomic E-state index is -1.51. The molecule has 0 radical (unpaired) electrons. The first kappa shape index (κ1) is 91.7. The second-order valence-electron chi connectivity index (χ2n) is 29.1. The number of likely N-dealkylation sites (N-methyl/N-ethyl adjacent to an activating group) is 1. The van der Waals surface area contributed by atoms with E-state index in [0.717, 1.165) is 77.0 Å². The number of carboxylic acids is 1. The second kappa shape index (κ2) is 76.5. The Morgan fingerprint density at radius 2 is 0.600 bits per heavy atom. The molecule has 0 rings (SSSR count). The van der Waals surface area contributed by atoms with Crippen molar-refractivity contribution in [3.8, 4) is 0 Å². The van der Waals surface area contributed by atoms with Gasteiger partial charge >= 0.3 is 17.9 Å². The fourth-order valence-corrected chi connectivity index (χ4v) is 12.3. The summed E-state index contributed by atoms with van der Waals surface area (Å²) < 4.78 is 23.1. The molecule has 0 aromatic rings. The van der Waals surface area contributed by atoms with Gasteiger partial charge in [0, 0.05) is 12.8 Å². The molecule has 0 saturated heterocycles. The van der Waals surface area contributed by atoms with Crippen LogP contribution in [-0.4, -0.2) is 87.4 Å². The Morgan fingerprint density at radius 1 is 0.326 bits per heavy atom. The number of aliphatic carboxylic acids is 1. The van der Waals surface area contributed by atoms with E-state index >= 15 is 0 Å². The van der Waals surface area contributed by atoms with Crippen molar-refractivity contribution in [2.24, 2.45) is 0 Å². The van der Waals surface area contributed by atoms with Crippen LogP contribution < -0.4 is 0 Å². The van der Waals surface area contributed by atoms with E-state index in [2.05, 4.69) is 86.8 Å². The van der Waals surface area contributed by atoms with E-state index in [1.165, 1.54) is 295 Å². The zero-order valence-corrected chi connectivity index (χ0v) is 63.6. The molecule has 0 spiro atoms. The highest BCUT2D eigenvalue weighted by Crippen LogP contribution is 2.20. The number of hydrogen-bond donors (Lipinski definition) is 1. The highest BCUT2D eigenvalue weighted by atomic mass is 16.7. The monoisotopic (exact) mass is 1330 g/mol. The summed E-state index contributed by atoms with van der Waals surface area (Å²) in [5.41, 5.74) is 0. The molecule has 0 heterocycles. The predicted molar refractivity (Wildman–Crippen MR) is 410 cm³/mol. The maximum Gasteiger partial charge on any atom is 0.361 e. The van der Waals surface area contributed by atoms with E-state index in [9.17, 15) is 19.5 Å². The predicted octanol–water partition coefficient (Wildman–Crippen LogP) is 26.4. The van der Waals surface area contributed by atoms with Crippen LogP contribution in [0.25, 0.3) is 0 Å². The van der Waals surface area contributed by atoms with Gasteiger partial charge in [0.05, 0.1) is 34.4 Å². The van der Waals surface area contributed by atoms with Crippen LogP contribution in [0.2, 0.25) is 0 Å². The number of carboxylic acid groups (broad SMARTS) is 1. The summed E-state index contributed by atoms with van der Waals surface area (Å²) >= 11 is 0. The van der Waals surface area contributed by atoms with Gasteiger partial charge in [-0.05, 0) is 64.2 Å². The molecular weight excluding hydrogens is 1170 g/mol. The van der Waals surface area contributed by atoms with Crippen LogP contribution in [0.5, 0.6) is 0 Å². The largest absolute Gasteiger partial charge is 0.477 e. The third-order valence-corrected chi connectivity index (χ3v) is 18.5. The van der Waals surface area contributed by atoms with E-state index in [1.54, 1.807) is 0 Å². The van der Waals surface area contributed by atoms with Crippen LogP contribution in [0.1, 0.15) is 399 Å². The summed E-state index contributed by atoms with van der Waals surface area (Å²) in [6.45, 7) is 4.84. The van der Waals surface area contributed by atoms with E-state index in [4.69, 9.17) is 18.9 Å². The highest BCUT2D eigenvalue weighted by Gasteiger charge is 2.25. The number of ether oxygens (including phenoxy) is 4. The Balaban J connectivity index is 3.95.